The fourth-order valence-corrected chi connectivity index (χ4v) is 1.49. The number of benzene rings is 1. The van der Waals surface area contributed by atoms with Gasteiger partial charge in [-0.1, -0.05) is 11.8 Å². The Labute approximate surface area is 99.4 Å². The van der Waals surface area contributed by atoms with Gasteiger partial charge in [-0.2, -0.15) is 0 Å². The molecular weight excluding hydrogens is 214 g/mol. The van der Waals surface area contributed by atoms with E-state index in [4.69, 9.17) is 4.74 Å². The first kappa shape index (κ1) is 11.2. The first-order valence-electron chi connectivity index (χ1n) is 5.21. The molecule has 0 aliphatic carbocycles. The molecule has 17 heavy (non-hydrogen) atoms. The Balaban J connectivity index is 2.39. The number of hydrogen-bond acceptors (Lipinski definition) is 3. The Morgan fingerprint density at radius 3 is 3.00 bits per heavy atom. The van der Waals surface area contributed by atoms with E-state index in [0.717, 1.165) is 22.8 Å². The molecule has 3 nitrogen and oxygen atoms in total. The Kier molecular flexibility index (Phi) is 3.37. The number of fused-ring (bicyclic) bond motifs is 1. The van der Waals surface area contributed by atoms with Gasteiger partial charge in [0.15, 0.2) is 0 Å². The van der Waals surface area contributed by atoms with Crippen LogP contribution in [0.3, 0.4) is 0 Å². The van der Waals surface area contributed by atoms with Crippen LogP contribution in [-0.2, 0) is 4.79 Å². The third-order valence-electron chi connectivity index (χ3n) is 2.29. The van der Waals surface area contributed by atoms with Gasteiger partial charge >= 0.3 is 0 Å². The van der Waals surface area contributed by atoms with E-state index in [2.05, 4.69) is 16.8 Å². The van der Waals surface area contributed by atoms with Crippen molar-refractivity contribution in [1.29, 1.82) is 0 Å². The van der Waals surface area contributed by atoms with E-state index in [0.29, 0.717) is 5.88 Å². The summed E-state index contributed by atoms with van der Waals surface area (Å²) in [6.07, 6.45) is 1.05. The lowest BCUT2D eigenvalue weighted by atomic mass is 10.1. The predicted octanol–water partition coefficient (Wildman–Crippen LogP) is 2.18. The van der Waals surface area contributed by atoms with Gasteiger partial charge < -0.3 is 9.53 Å². The topological polar surface area (TPSA) is 39.2 Å². The number of carbonyl (C=O) groups is 1. The molecule has 0 unspecified atom stereocenters. The van der Waals surface area contributed by atoms with Crippen LogP contribution in [0.25, 0.3) is 10.9 Å². The summed E-state index contributed by atoms with van der Waals surface area (Å²) < 4.78 is 5.05. The lowest BCUT2D eigenvalue weighted by molar-refractivity contribution is -0.107. The highest BCUT2D eigenvalue weighted by molar-refractivity contribution is 5.80. The fraction of sp³-hybridized carbons (Fsp3) is 0.143. The number of rotatable bonds is 2. The van der Waals surface area contributed by atoms with Crippen LogP contribution in [0.4, 0.5) is 0 Å². The van der Waals surface area contributed by atoms with Crippen molar-refractivity contribution in [2.75, 3.05) is 7.11 Å². The average Bonchev–Trinajstić information content (AvgIpc) is 2.38. The molecule has 0 fully saturated rings. The van der Waals surface area contributed by atoms with Crippen LogP contribution in [0.1, 0.15) is 12.0 Å². The summed E-state index contributed by atoms with van der Waals surface area (Å²) in [6, 6.07) is 9.46. The van der Waals surface area contributed by atoms with Gasteiger partial charge in [-0.05, 0) is 24.3 Å². The quantitative estimate of drug-likeness (QED) is 0.581. The van der Waals surface area contributed by atoms with Crippen LogP contribution in [0.2, 0.25) is 0 Å². The minimum Gasteiger partial charge on any atom is -0.481 e. The summed E-state index contributed by atoms with van der Waals surface area (Å²) in [7, 11) is 1.59. The van der Waals surface area contributed by atoms with Crippen LogP contribution in [0.5, 0.6) is 5.88 Å². The molecule has 0 N–H and O–H groups in total. The number of carbonyl (C=O) groups excluding carboxylic acids is 1. The number of nitrogens with zero attached hydrogens (tertiary/aromatic N) is 1. The van der Waals surface area contributed by atoms with Gasteiger partial charge in [-0.15, -0.1) is 0 Å². The number of methoxy groups -OCH3 is 1. The van der Waals surface area contributed by atoms with Gasteiger partial charge in [-0.25, -0.2) is 4.98 Å². The molecular formula is C14H11NO2. The van der Waals surface area contributed by atoms with E-state index >= 15 is 0 Å². The Morgan fingerprint density at radius 1 is 1.35 bits per heavy atom. The average molecular weight is 225 g/mol. The molecule has 2 rings (SSSR count). The largest absolute Gasteiger partial charge is 0.481 e. The molecule has 0 saturated heterocycles. The number of ether oxygens (including phenoxy) is 1. The first-order chi connectivity index (χ1) is 8.33. The van der Waals surface area contributed by atoms with E-state index in [1.165, 1.54) is 0 Å². The number of hydrogen-bond donors (Lipinski definition) is 0. The molecule has 0 radical (unpaired) electrons. The summed E-state index contributed by atoms with van der Waals surface area (Å²) in [5.74, 6) is 6.30. The number of aldehydes is 1. The summed E-state index contributed by atoms with van der Waals surface area (Å²) in [4.78, 5) is 14.5. The van der Waals surface area contributed by atoms with Crippen molar-refractivity contribution in [3.63, 3.8) is 0 Å². The molecule has 0 bridgehead atoms. The Bertz CT molecular complexity index is 608. The van der Waals surface area contributed by atoms with E-state index in [1.54, 1.807) is 7.11 Å². The van der Waals surface area contributed by atoms with E-state index in [-0.39, 0.29) is 6.42 Å². The second kappa shape index (κ2) is 5.13. The second-order valence-electron chi connectivity index (χ2n) is 3.43. The number of aromatic nitrogens is 1. The van der Waals surface area contributed by atoms with Crippen molar-refractivity contribution >= 4 is 17.2 Å². The maximum absolute atomic E-state index is 10.2. The van der Waals surface area contributed by atoms with E-state index in [1.807, 2.05) is 30.3 Å². The van der Waals surface area contributed by atoms with Gasteiger partial charge in [0.25, 0.3) is 0 Å². The van der Waals surface area contributed by atoms with Crippen LogP contribution >= 0.6 is 0 Å². The van der Waals surface area contributed by atoms with Crippen molar-refractivity contribution in [3.8, 4) is 17.7 Å². The lowest BCUT2D eigenvalue weighted by Crippen LogP contribution is -1.88. The molecule has 84 valence electrons. The summed E-state index contributed by atoms with van der Waals surface area (Å²) in [5, 5.41) is 1.00. The molecule has 0 atom stereocenters. The fourth-order valence-electron chi connectivity index (χ4n) is 1.49. The van der Waals surface area contributed by atoms with Crippen LogP contribution in [0.15, 0.2) is 30.3 Å². The zero-order valence-electron chi connectivity index (χ0n) is 9.43. The maximum Gasteiger partial charge on any atom is 0.213 e. The highest BCUT2D eigenvalue weighted by Crippen LogP contribution is 2.17. The molecule has 0 spiro atoms. The Morgan fingerprint density at radius 2 is 2.24 bits per heavy atom. The summed E-state index contributed by atoms with van der Waals surface area (Å²) >= 11 is 0. The third kappa shape index (κ3) is 2.61. The monoisotopic (exact) mass is 225 g/mol. The molecule has 1 aromatic carbocycles. The SMILES string of the molecule is COc1ccc2cc(C#CCC=O)ccc2n1. The second-order valence-corrected chi connectivity index (χ2v) is 3.43. The van der Waals surface area contributed by atoms with Crippen molar-refractivity contribution in [2.45, 2.75) is 6.42 Å². The minimum absolute atomic E-state index is 0.263. The molecule has 1 heterocycles. The van der Waals surface area contributed by atoms with Crippen LogP contribution < -0.4 is 4.74 Å². The van der Waals surface area contributed by atoms with Crippen molar-refractivity contribution in [1.82, 2.24) is 4.98 Å². The van der Waals surface area contributed by atoms with E-state index in [9.17, 15) is 4.79 Å². The van der Waals surface area contributed by atoms with Crippen LogP contribution in [0, 0.1) is 11.8 Å². The smallest absolute Gasteiger partial charge is 0.213 e. The molecule has 0 amide bonds. The van der Waals surface area contributed by atoms with Gasteiger partial charge in [0.05, 0.1) is 19.0 Å². The van der Waals surface area contributed by atoms with Crippen molar-refractivity contribution in [2.24, 2.45) is 0 Å². The van der Waals surface area contributed by atoms with Gasteiger partial charge in [0, 0.05) is 17.0 Å². The molecule has 0 saturated carbocycles. The highest BCUT2D eigenvalue weighted by atomic mass is 16.5. The maximum atomic E-state index is 10.2. The summed E-state index contributed by atoms with van der Waals surface area (Å²) in [6.45, 7) is 0. The first-order valence-corrected chi connectivity index (χ1v) is 5.21. The molecule has 3 heteroatoms. The zero-order valence-corrected chi connectivity index (χ0v) is 9.43. The van der Waals surface area contributed by atoms with Crippen LogP contribution in [-0.4, -0.2) is 18.4 Å². The van der Waals surface area contributed by atoms with Gasteiger partial charge in [-0.3, -0.25) is 0 Å². The Hall–Kier alpha value is -2.34. The molecule has 1 aromatic heterocycles. The van der Waals surface area contributed by atoms with E-state index < -0.39 is 0 Å². The number of pyridine rings is 1. The zero-order chi connectivity index (χ0) is 12.1. The standard InChI is InChI=1S/C14H11NO2/c1-17-14-8-6-12-10-11(4-2-3-9-16)5-7-13(12)15-14/h5-10H,3H2,1H3. The molecule has 2 aromatic rings. The summed E-state index contributed by atoms with van der Waals surface area (Å²) in [5.41, 5.74) is 1.75. The van der Waals surface area contributed by atoms with Crippen molar-refractivity contribution < 1.29 is 9.53 Å². The normalized spacial score (nSPS) is 9.47. The van der Waals surface area contributed by atoms with Gasteiger partial charge in [0.1, 0.15) is 6.29 Å². The lowest BCUT2D eigenvalue weighted by Gasteiger charge is -2.01. The minimum atomic E-state index is 0.263. The van der Waals surface area contributed by atoms with Gasteiger partial charge in [0.2, 0.25) is 5.88 Å². The predicted molar refractivity (Wildman–Crippen MR) is 65.9 cm³/mol. The molecule has 0 aliphatic heterocycles. The third-order valence-corrected chi connectivity index (χ3v) is 2.29. The highest BCUT2D eigenvalue weighted by Gasteiger charge is 1.98. The van der Waals surface area contributed by atoms with Crippen molar-refractivity contribution in [3.05, 3.63) is 35.9 Å². The molecule has 0 aliphatic rings.